The molecule has 0 unspecified atom stereocenters. The Hall–Kier alpha value is -2.21. The van der Waals surface area contributed by atoms with E-state index < -0.39 is 5.82 Å². The maximum absolute atomic E-state index is 13.2. The van der Waals surface area contributed by atoms with Crippen molar-refractivity contribution in [1.82, 2.24) is 14.7 Å². The van der Waals surface area contributed by atoms with E-state index in [1.807, 2.05) is 6.20 Å². The van der Waals surface area contributed by atoms with E-state index in [1.54, 1.807) is 17.9 Å². The summed E-state index contributed by atoms with van der Waals surface area (Å²) in [4.78, 5) is 25.8. The summed E-state index contributed by atoms with van der Waals surface area (Å²) in [5.74, 6) is -1.32. The molecular weight excluding hydrogens is 321 g/mol. The van der Waals surface area contributed by atoms with Gasteiger partial charge in [-0.1, -0.05) is 17.7 Å². The Morgan fingerprint density at radius 1 is 1.35 bits per heavy atom. The lowest BCUT2D eigenvalue weighted by atomic mass is 10.0. The summed E-state index contributed by atoms with van der Waals surface area (Å²) in [6.07, 6.45) is 4.20. The van der Waals surface area contributed by atoms with Gasteiger partial charge in [-0.25, -0.2) is 4.39 Å². The van der Waals surface area contributed by atoms with Crippen molar-refractivity contribution >= 4 is 23.4 Å². The van der Waals surface area contributed by atoms with Crippen molar-refractivity contribution in [3.63, 3.8) is 0 Å². The Morgan fingerprint density at radius 3 is 2.78 bits per heavy atom. The fourth-order valence-electron chi connectivity index (χ4n) is 2.76. The summed E-state index contributed by atoms with van der Waals surface area (Å²) in [5, 5.41) is 4.04. The molecule has 1 aliphatic rings. The number of carbonyl (C=O) groups excluding carboxylic acids is 2. The van der Waals surface area contributed by atoms with Crippen molar-refractivity contribution in [3.05, 3.63) is 52.6 Å². The molecule has 3 rings (SSSR count). The van der Waals surface area contributed by atoms with Gasteiger partial charge in [0.05, 0.1) is 23.7 Å². The zero-order valence-corrected chi connectivity index (χ0v) is 13.3. The second kappa shape index (κ2) is 6.12. The van der Waals surface area contributed by atoms with Crippen LogP contribution in [0.3, 0.4) is 0 Å². The van der Waals surface area contributed by atoms with E-state index in [1.165, 1.54) is 23.1 Å². The number of amides is 2. The third kappa shape index (κ3) is 3.27. The molecule has 1 aromatic heterocycles. The summed E-state index contributed by atoms with van der Waals surface area (Å²) in [6.45, 7) is 0.112. The first kappa shape index (κ1) is 15.7. The first-order valence-electron chi connectivity index (χ1n) is 7.19. The predicted octanol–water partition coefficient (Wildman–Crippen LogP) is 2.33. The molecule has 5 nitrogen and oxygen atoms in total. The number of benzene rings is 1. The molecule has 1 aromatic carbocycles. The standard InChI is InChI=1S/C16H15ClFN3O2/c1-20-8-11(7-19-20)4-12-6-15(22)21(16(12)23)9-10-2-3-14(18)13(17)5-10/h2-3,5,7-8,12H,4,6,9H2,1H3/t12-/m1/s1. The van der Waals surface area contributed by atoms with Crippen molar-refractivity contribution in [2.75, 3.05) is 0 Å². The largest absolute Gasteiger partial charge is 0.278 e. The van der Waals surface area contributed by atoms with Gasteiger partial charge in [0.25, 0.3) is 0 Å². The summed E-state index contributed by atoms with van der Waals surface area (Å²) >= 11 is 5.74. The summed E-state index contributed by atoms with van der Waals surface area (Å²) in [5.41, 5.74) is 1.55. The summed E-state index contributed by atoms with van der Waals surface area (Å²) in [7, 11) is 1.80. The van der Waals surface area contributed by atoms with Crippen LogP contribution < -0.4 is 0 Å². The Balaban J connectivity index is 1.72. The van der Waals surface area contributed by atoms with Crippen LogP contribution in [0.5, 0.6) is 0 Å². The molecule has 7 heteroatoms. The van der Waals surface area contributed by atoms with Gasteiger partial charge in [-0.15, -0.1) is 0 Å². The van der Waals surface area contributed by atoms with Gasteiger partial charge in [-0.2, -0.15) is 5.10 Å². The number of aromatic nitrogens is 2. The Labute approximate surface area is 137 Å². The zero-order valence-electron chi connectivity index (χ0n) is 12.5. The van der Waals surface area contributed by atoms with Crippen LogP contribution in [0.1, 0.15) is 17.5 Å². The quantitative estimate of drug-likeness (QED) is 0.806. The number of nitrogens with zero attached hydrogens (tertiary/aromatic N) is 3. The molecule has 0 radical (unpaired) electrons. The minimum absolute atomic E-state index is 0.0199. The second-order valence-corrected chi connectivity index (χ2v) is 6.10. The highest BCUT2D eigenvalue weighted by Gasteiger charge is 2.38. The number of hydrogen-bond donors (Lipinski definition) is 0. The van der Waals surface area contributed by atoms with Crippen molar-refractivity contribution < 1.29 is 14.0 Å². The van der Waals surface area contributed by atoms with Crippen LogP contribution in [-0.2, 0) is 29.6 Å². The third-order valence-corrected chi connectivity index (χ3v) is 4.19. The Kier molecular flexibility index (Phi) is 4.17. The first-order valence-corrected chi connectivity index (χ1v) is 7.57. The maximum atomic E-state index is 13.2. The summed E-state index contributed by atoms with van der Waals surface area (Å²) in [6, 6.07) is 4.19. The molecule has 0 bridgehead atoms. The van der Waals surface area contributed by atoms with E-state index in [4.69, 9.17) is 11.6 Å². The number of imide groups is 1. The number of aryl methyl sites for hydroxylation is 1. The predicted molar refractivity (Wildman–Crippen MR) is 82.0 cm³/mol. The van der Waals surface area contributed by atoms with E-state index in [9.17, 15) is 14.0 Å². The van der Waals surface area contributed by atoms with Crippen LogP contribution in [0.4, 0.5) is 4.39 Å². The smallest absolute Gasteiger partial charge is 0.233 e. The number of halogens is 2. The van der Waals surface area contributed by atoms with E-state index >= 15 is 0 Å². The van der Waals surface area contributed by atoms with Gasteiger partial charge in [0.2, 0.25) is 11.8 Å². The molecule has 1 atom stereocenters. The number of carbonyl (C=O) groups is 2. The van der Waals surface area contributed by atoms with Crippen LogP contribution in [0, 0.1) is 11.7 Å². The molecule has 0 N–H and O–H groups in total. The highest BCUT2D eigenvalue weighted by Crippen LogP contribution is 2.26. The molecule has 2 aromatic rings. The summed E-state index contributed by atoms with van der Waals surface area (Å²) < 4.78 is 14.8. The van der Waals surface area contributed by atoms with E-state index in [2.05, 4.69) is 5.10 Å². The van der Waals surface area contributed by atoms with Gasteiger partial charge >= 0.3 is 0 Å². The molecule has 0 spiro atoms. The second-order valence-electron chi connectivity index (χ2n) is 5.69. The van der Waals surface area contributed by atoms with Crippen LogP contribution in [-0.4, -0.2) is 26.5 Å². The Morgan fingerprint density at radius 2 is 2.13 bits per heavy atom. The molecule has 2 heterocycles. The fourth-order valence-corrected chi connectivity index (χ4v) is 2.96. The Bertz CT molecular complexity index is 774. The van der Waals surface area contributed by atoms with Crippen LogP contribution in [0.25, 0.3) is 0 Å². The van der Waals surface area contributed by atoms with Crippen molar-refractivity contribution in [2.24, 2.45) is 13.0 Å². The van der Waals surface area contributed by atoms with Crippen molar-refractivity contribution in [2.45, 2.75) is 19.4 Å². The van der Waals surface area contributed by atoms with Gasteiger partial charge in [0.15, 0.2) is 0 Å². The molecule has 1 aliphatic heterocycles. The zero-order chi connectivity index (χ0) is 16.6. The molecule has 2 amide bonds. The van der Waals surface area contributed by atoms with Crippen LogP contribution in [0.2, 0.25) is 5.02 Å². The first-order chi connectivity index (χ1) is 10.9. The highest BCUT2D eigenvalue weighted by molar-refractivity contribution is 6.30. The topological polar surface area (TPSA) is 55.2 Å². The molecule has 0 aliphatic carbocycles. The van der Waals surface area contributed by atoms with Crippen molar-refractivity contribution in [1.29, 1.82) is 0 Å². The number of hydrogen-bond acceptors (Lipinski definition) is 3. The maximum Gasteiger partial charge on any atom is 0.233 e. The molecule has 1 saturated heterocycles. The molecule has 23 heavy (non-hydrogen) atoms. The van der Waals surface area contributed by atoms with Crippen LogP contribution >= 0.6 is 11.6 Å². The van der Waals surface area contributed by atoms with Gasteiger partial charge in [-0.3, -0.25) is 19.2 Å². The lowest BCUT2D eigenvalue weighted by Gasteiger charge is -2.15. The fraction of sp³-hybridized carbons (Fsp3) is 0.312. The van der Waals surface area contributed by atoms with E-state index in [0.29, 0.717) is 12.0 Å². The molecular formula is C16H15ClFN3O2. The molecule has 1 fully saturated rings. The monoisotopic (exact) mass is 335 g/mol. The van der Waals surface area contributed by atoms with Gasteiger partial charge in [-0.05, 0) is 29.7 Å². The van der Waals surface area contributed by atoms with Gasteiger partial charge in [0, 0.05) is 19.7 Å². The minimum atomic E-state index is -0.524. The molecule has 0 saturated carbocycles. The third-order valence-electron chi connectivity index (χ3n) is 3.90. The highest BCUT2D eigenvalue weighted by atomic mass is 35.5. The van der Waals surface area contributed by atoms with Gasteiger partial charge in [0.1, 0.15) is 5.82 Å². The van der Waals surface area contributed by atoms with Gasteiger partial charge < -0.3 is 0 Å². The van der Waals surface area contributed by atoms with Crippen molar-refractivity contribution in [3.8, 4) is 0 Å². The number of likely N-dealkylation sites (tertiary alicyclic amines) is 1. The minimum Gasteiger partial charge on any atom is -0.278 e. The lowest BCUT2D eigenvalue weighted by Crippen LogP contribution is -2.30. The SMILES string of the molecule is Cn1cc(C[C@@H]2CC(=O)N(Cc3ccc(F)c(Cl)c3)C2=O)cn1. The van der Waals surface area contributed by atoms with E-state index in [0.717, 1.165) is 5.56 Å². The normalized spacial score (nSPS) is 18.0. The number of rotatable bonds is 4. The lowest BCUT2D eigenvalue weighted by molar-refractivity contribution is -0.140. The average Bonchev–Trinajstić information content (AvgIpc) is 3.02. The molecule has 120 valence electrons. The average molecular weight is 336 g/mol. The van der Waals surface area contributed by atoms with E-state index in [-0.39, 0.29) is 35.7 Å². The van der Waals surface area contributed by atoms with Crippen LogP contribution in [0.15, 0.2) is 30.6 Å².